The smallest absolute Gasteiger partial charge is 0.241 e. The van der Waals surface area contributed by atoms with Crippen LogP contribution in [0.1, 0.15) is 24.4 Å². The molecule has 1 atom stereocenters. The number of likely N-dealkylation sites (tertiary alicyclic amines) is 1. The SMILES string of the molecule is Cc1ncc(CN2CCC[C@@H]2C(=O)Nc2ccc(-c3nc4ccccc4o3)cc2)[nH]1. The highest BCUT2D eigenvalue weighted by Crippen LogP contribution is 2.26. The van der Waals surface area contributed by atoms with Crippen molar-refractivity contribution in [2.75, 3.05) is 11.9 Å². The van der Waals surface area contributed by atoms with Crippen LogP contribution >= 0.6 is 0 Å². The summed E-state index contributed by atoms with van der Waals surface area (Å²) in [7, 11) is 0. The van der Waals surface area contributed by atoms with E-state index in [1.54, 1.807) is 0 Å². The average Bonchev–Trinajstić information content (AvgIpc) is 3.48. The van der Waals surface area contributed by atoms with Crippen molar-refractivity contribution in [2.45, 2.75) is 32.4 Å². The van der Waals surface area contributed by atoms with Crippen LogP contribution in [0.2, 0.25) is 0 Å². The Morgan fingerprint density at radius 2 is 2.07 bits per heavy atom. The number of hydrogen-bond donors (Lipinski definition) is 2. The quantitative estimate of drug-likeness (QED) is 0.525. The highest BCUT2D eigenvalue weighted by Gasteiger charge is 2.31. The molecule has 1 aliphatic heterocycles. The van der Waals surface area contributed by atoms with Gasteiger partial charge in [-0.15, -0.1) is 0 Å². The van der Waals surface area contributed by atoms with Crippen molar-refractivity contribution in [1.29, 1.82) is 0 Å². The molecule has 0 aliphatic carbocycles. The minimum absolute atomic E-state index is 0.0262. The van der Waals surface area contributed by atoms with Crippen LogP contribution in [0.25, 0.3) is 22.6 Å². The molecule has 7 nitrogen and oxygen atoms in total. The molecule has 152 valence electrons. The van der Waals surface area contributed by atoms with E-state index in [0.29, 0.717) is 12.4 Å². The van der Waals surface area contributed by atoms with Crippen LogP contribution in [-0.4, -0.2) is 38.3 Å². The first-order valence-electron chi connectivity index (χ1n) is 10.2. The van der Waals surface area contributed by atoms with Crippen LogP contribution in [0.5, 0.6) is 0 Å². The van der Waals surface area contributed by atoms with Gasteiger partial charge in [-0.05, 0) is 62.7 Å². The third kappa shape index (κ3) is 3.71. The van der Waals surface area contributed by atoms with Crippen LogP contribution < -0.4 is 5.32 Å². The third-order valence-electron chi connectivity index (χ3n) is 5.49. The number of hydrogen-bond acceptors (Lipinski definition) is 5. The average molecular weight is 401 g/mol. The molecule has 0 radical (unpaired) electrons. The van der Waals surface area contributed by atoms with E-state index in [1.807, 2.05) is 61.7 Å². The zero-order valence-corrected chi connectivity index (χ0v) is 16.8. The Kier molecular flexibility index (Phi) is 4.80. The topological polar surface area (TPSA) is 87.1 Å². The van der Waals surface area contributed by atoms with Crippen molar-refractivity contribution in [3.8, 4) is 11.5 Å². The summed E-state index contributed by atoms with van der Waals surface area (Å²) in [5.74, 6) is 1.49. The van der Waals surface area contributed by atoms with Crippen molar-refractivity contribution >= 4 is 22.7 Å². The number of aryl methyl sites for hydroxylation is 1. The highest BCUT2D eigenvalue weighted by molar-refractivity contribution is 5.95. The van der Waals surface area contributed by atoms with Gasteiger partial charge >= 0.3 is 0 Å². The first-order valence-corrected chi connectivity index (χ1v) is 10.2. The summed E-state index contributed by atoms with van der Waals surface area (Å²) in [6.07, 6.45) is 3.72. The van der Waals surface area contributed by atoms with E-state index in [1.165, 1.54) is 0 Å². The molecule has 2 aromatic heterocycles. The second-order valence-corrected chi connectivity index (χ2v) is 7.68. The molecule has 2 aromatic carbocycles. The van der Waals surface area contributed by atoms with E-state index >= 15 is 0 Å². The fraction of sp³-hybridized carbons (Fsp3) is 0.261. The molecule has 0 spiro atoms. The van der Waals surface area contributed by atoms with Gasteiger partial charge in [0.05, 0.1) is 6.04 Å². The Hall–Kier alpha value is -3.45. The molecule has 5 rings (SSSR count). The van der Waals surface area contributed by atoms with Gasteiger partial charge < -0.3 is 14.7 Å². The van der Waals surface area contributed by atoms with Crippen LogP contribution in [-0.2, 0) is 11.3 Å². The second-order valence-electron chi connectivity index (χ2n) is 7.68. The molecule has 0 bridgehead atoms. The predicted octanol–water partition coefficient (Wildman–Crippen LogP) is 4.13. The number of aromatic amines is 1. The maximum atomic E-state index is 12.9. The summed E-state index contributed by atoms with van der Waals surface area (Å²) < 4.78 is 5.82. The van der Waals surface area contributed by atoms with Crippen molar-refractivity contribution in [2.24, 2.45) is 0 Å². The molecule has 4 aromatic rings. The van der Waals surface area contributed by atoms with Gasteiger partial charge in [0.25, 0.3) is 0 Å². The monoisotopic (exact) mass is 401 g/mol. The van der Waals surface area contributed by atoms with Gasteiger partial charge in [-0.1, -0.05) is 12.1 Å². The molecule has 7 heteroatoms. The van der Waals surface area contributed by atoms with Gasteiger partial charge in [-0.25, -0.2) is 9.97 Å². The standard InChI is InChI=1S/C23H23N5O2/c1-15-24-13-18(25-15)14-28-12-4-6-20(28)22(29)26-17-10-8-16(9-11-17)23-27-19-5-2-3-7-21(19)30-23/h2-3,5,7-11,13,20H,4,6,12,14H2,1H3,(H,24,25)(H,26,29)/t20-/m1/s1. The highest BCUT2D eigenvalue weighted by atomic mass is 16.3. The summed E-state index contributed by atoms with van der Waals surface area (Å²) in [6.45, 7) is 3.55. The van der Waals surface area contributed by atoms with E-state index in [2.05, 4.69) is 25.2 Å². The van der Waals surface area contributed by atoms with Gasteiger partial charge in [0.2, 0.25) is 11.8 Å². The second kappa shape index (κ2) is 7.76. The lowest BCUT2D eigenvalue weighted by Crippen LogP contribution is -2.39. The zero-order valence-electron chi connectivity index (χ0n) is 16.8. The number of aromatic nitrogens is 3. The van der Waals surface area contributed by atoms with Crippen LogP contribution in [0.15, 0.2) is 59.1 Å². The summed E-state index contributed by atoms with van der Waals surface area (Å²) in [4.78, 5) is 27.1. The number of oxazole rings is 1. The maximum Gasteiger partial charge on any atom is 0.241 e. The number of carbonyl (C=O) groups excluding carboxylic acids is 1. The number of H-pyrrole nitrogens is 1. The Labute approximate surface area is 174 Å². The van der Waals surface area contributed by atoms with Gasteiger partial charge in [-0.2, -0.15) is 0 Å². The predicted molar refractivity (Wildman–Crippen MR) is 115 cm³/mol. The summed E-state index contributed by atoms with van der Waals surface area (Å²) in [5, 5.41) is 3.05. The van der Waals surface area contributed by atoms with E-state index in [9.17, 15) is 4.79 Å². The van der Waals surface area contributed by atoms with E-state index in [0.717, 1.165) is 53.3 Å². The molecule has 30 heavy (non-hydrogen) atoms. The summed E-state index contributed by atoms with van der Waals surface area (Å²) in [6, 6.07) is 15.2. The van der Waals surface area contributed by atoms with Crippen LogP contribution in [0.4, 0.5) is 5.69 Å². The lowest BCUT2D eigenvalue weighted by atomic mass is 10.1. The Bertz CT molecular complexity index is 1140. The van der Waals surface area contributed by atoms with Crippen LogP contribution in [0.3, 0.4) is 0 Å². The third-order valence-corrected chi connectivity index (χ3v) is 5.49. The van der Waals surface area contributed by atoms with E-state index in [-0.39, 0.29) is 11.9 Å². The molecule has 0 unspecified atom stereocenters. The largest absolute Gasteiger partial charge is 0.436 e. The number of carbonyl (C=O) groups is 1. The summed E-state index contributed by atoms with van der Waals surface area (Å²) in [5.41, 5.74) is 4.28. The van der Waals surface area contributed by atoms with Crippen molar-refractivity contribution in [3.05, 3.63) is 66.2 Å². The van der Waals surface area contributed by atoms with E-state index < -0.39 is 0 Å². The first kappa shape index (κ1) is 18.6. The molecule has 2 N–H and O–H groups in total. The number of rotatable bonds is 5. The normalized spacial score (nSPS) is 16.9. The van der Waals surface area contributed by atoms with E-state index in [4.69, 9.17) is 4.42 Å². The molecule has 3 heterocycles. The Morgan fingerprint density at radius 3 is 2.83 bits per heavy atom. The molecule has 1 saturated heterocycles. The van der Waals surface area contributed by atoms with Gasteiger partial charge in [0.1, 0.15) is 11.3 Å². The molecule has 0 saturated carbocycles. The van der Waals surface area contributed by atoms with Gasteiger partial charge in [0.15, 0.2) is 5.58 Å². The minimum Gasteiger partial charge on any atom is -0.436 e. The fourth-order valence-corrected chi connectivity index (χ4v) is 4.00. The fourth-order valence-electron chi connectivity index (χ4n) is 4.00. The molecule has 1 amide bonds. The number of para-hydroxylation sites is 2. The molecule has 1 fully saturated rings. The summed E-state index contributed by atoms with van der Waals surface area (Å²) >= 11 is 0. The van der Waals surface area contributed by atoms with Gasteiger partial charge in [0, 0.05) is 29.7 Å². The van der Waals surface area contributed by atoms with Crippen LogP contribution in [0, 0.1) is 6.92 Å². The lowest BCUT2D eigenvalue weighted by molar-refractivity contribution is -0.120. The number of anilines is 1. The Balaban J connectivity index is 1.26. The number of nitrogens with zero attached hydrogens (tertiary/aromatic N) is 3. The number of amides is 1. The zero-order chi connectivity index (χ0) is 20.5. The van der Waals surface area contributed by atoms with Crippen molar-refractivity contribution < 1.29 is 9.21 Å². The maximum absolute atomic E-state index is 12.9. The number of fused-ring (bicyclic) bond motifs is 1. The van der Waals surface area contributed by atoms with Gasteiger partial charge in [-0.3, -0.25) is 9.69 Å². The number of imidazole rings is 1. The van der Waals surface area contributed by atoms with Crippen molar-refractivity contribution in [1.82, 2.24) is 19.9 Å². The molecule has 1 aliphatic rings. The Morgan fingerprint density at radius 1 is 1.23 bits per heavy atom. The minimum atomic E-state index is -0.134. The number of benzene rings is 2. The van der Waals surface area contributed by atoms with Crippen molar-refractivity contribution in [3.63, 3.8) is 0 Å². The molecular formula is C23H23N5O2. The molecular weight excluding hydrogens is 378 g/mol. The number of nitrogens with one attached hydrogen (secondary N) is 2. The first-order chi connectivity index (χ1) is 14.7. The lowest BCUT2D eigenvalue weighted by Gasteiger charge is -2.23.